The van der Waals surface area contributed by atoms with Crippen molar-refractivity contribution in [1.29, 1.82) is 0 Å². The lowest BCUT2D eigenvalue weighted by molar-refractivity contribution is -0.154. The number of carbonyl (C=O) groups is 1. The van der Waals surface area contributed by atoms with Crippen molar-refractivity contribution in [2.45, 2.75) is 31.3 Å². The molecule has 1 saturated heterocycles. The molecule has 2 aliphatic rings. The highest BCUT2D eigenvalue weighted by molar-refractivity contribution is 5.86. The molecule has 0 aromatic carbocycles. The smallest absolute Gasteiger partial charge is 0.254 e. The molecule has 0 bridgehead atoms. The number of ether oxygens (including phenoxy) is 1. The number of rotatable bonds is 3. The molecule has 2 fully saturated rings. The summed E-state index contributed by atoms with van der Waals surface area (Å²) in [6.07, 6.45) is 3.72. The van der Waals surface area contributed by atoms with Crippen molar-refractivity contribution < 1.29 is 13.9 Å². The van der Waals surface area contributed by atoms with Crippen molar-refractivity contribution in [2.24, 2.45) is 0 Å². The monoisotopic (exact) mass is 307 g/mol. The van der Waals surface area contributed by atoms with E-state index in [9.17, 15) is 9.18 Å². The molecule has 1 aliphatic carbocycles. The van der Waals surface area contributed by atoms with E-state index in [2.05, 4.69) is 4.98 Å². The van der Waals surface area contributed by atoms with E-state index in [1.54, 1.807) is 19.2 Å². The molecular formula is C16H22FN3O2. The van der Waals surface area contributed by atoms with Crippen LogP contribution in [0.4, 0.5) is 10.2 Å². The zero-order chi connectivity index (χ0) is 15.6. The summed E-state index contributed by atoms with van der Waals surface area (Å²) in [5.41, 5.74) is -0.612. The van der Waals surface area contributed by atoms with Crippen LogP contribution in [0.3, 0.4) is 0 Å². The van der Waals surface area contributed by atoms with Crippen LogP contribution in [0.5, 0.6) is 0 Å². The molecule has 0 N–H and O–H groups in total. The van der Waals surface area contributed by atoms with Gasteiger partial charge in [0.05, 0.1) is 0 Å². The van der Waals surface area contributed by atoms with E-state index in [1.807, 2.05) is 9.80 Å². The average Bonchev–Trinajstić information content (AvgIpc) is 3.04. The van der Waals surface area contributed by atoms with E-state index in [4.69, 9.17) is 4.74 Å². The number of nitrogens with zero attached hydrogens (tertiary/aromatic N) is 3. The first-order valence-electron chi connectivity index (χ1n) is 7.87. The molecular weight excluding hydrogens is 285 g/mol. The van der Waals surface area contributed by atoms with Gasteiger partial charge in [0.1, 0.15) is 11.4 Å². The summed E-state index contributed by atoms with van der Waals surface area (Å²) in [5.74, 6) is 0.272. The van der Waals surface area contributed by atoms with Gasteiger partial charge in [0.2, 0.25) is 5.95 Å². The van der Waals surface area contributed by atoms with E-state index in [1.165, 1.54) is 6.07 Å². The number of hydrogen-bond donors (Lipinski definition) is 0. The van der Waals surface area contributed by atoms with Gasteiger partial charge in [-0.3, -0.25) is 4.79 Å². The van der Waals surface area contributed by atoms with Crippen LogP contribution in [-0.2, 0) is 9.53 Å². The quantitative estimate of drug-likeness (QED) is 0.799. The van der Waals surface area contributed by atoms with E-state index < -0.39 is 11.5 Å². The summed E-state index contributed by atoms with van der Waals surface area (Å²) in [7, 11) is 1.64. The predicted octanol–water partition coefficient (Wildman–Crippen LogP) is 1.83. The SMILES string of the molecule is COC1(C(=O)N2CCN(c3cccc(F)n3)CC2)CCCC1. The molecule has 22 heavy (non-hydrogen) atoms. The Morgan fingerprint density at radius 3 is 2.50 bits per heavy atom. The molecule has 2 heterocycles. The van der Waals surface area contributed by atoms with Crippen molar-refractivity contribution in [3.05, 3.63) is 24.1 Å². The van der Waals surface area contributed by atoms with E-state index >= 15 is 0 Å². The molecule has 1 aromatic heterocycles. The maximum Gasteiger partial charge on any atom is 0.254 e. The van der Waals surface area contributed by atoms with Gasteiger partial charge < -0.3 is 14.5 Å². The molecule has 5 nitrogen and oxygen atoms in total. The fourth-order valence-electron chi connectivity index (χ4n) is 3.45. The lowest BCUT2D eigenvalue weighted by atomic mass is 9.99. The molecule has 3 rings (SSSR count). The molecule has 1 aliphatic heterocycles. The van der Waals surface area contributed by atoms with Crippen LogP contribution >= 0.6 is 0 Å². The average molecular weight is 307 g/mol. The Bertz CT molecular complexity index is 538. The Morgan fingerprint density at radius 1 is 1.23 bits per heavy atom. The van der Waals surface area contributed by atoms with Gasteiger partial charge in [0, 0.05) is 33.3 Å². The molecule has 1 saturated carbocycles. The molecule has 120 valence electrons. The van der Waals surface area contributed by atoms with Crippen LogP contribution in [0.1, 0.15) is 25.7 Å². The minimum atomic E-state index is -0.612. The minimum absolute atomic E-state index is 0.111. The highest BCUT2D eigenvalue weighted by Gasteiger charge is 2.44. The predicted molar refractivity (Wildman–Crippen MR) is 81.2 cm³/mol. The highest BCUT2D eigenvalue weighted by atomic mass is 19.1. The first-order chi connectivity index (χ1) is 10.6. The number of piperazine rings is 1. The second-order valence-electron chi connectivity index (χ2n) is 6.00. The second-order valence-corrected chi connectivity index (χ2v) is 6.00. The third-order valence-electron chi connectivity index (χ3n) is 4.78. The normalized spacial score (nSPS) is 21.2. The minimum Gasteiger partial charge on any atom is -0.368 e. The number of hydrogen-bond acceptors (Lipinski definition) is 4. The Hall–Kier alpha value is -1.69. The molecule has 0 radical (unpaired) electrons. The fraction of sp³-hybridized carbons (Fsp3) is 0.625. The van der Waals surface area contributed by atoms with Gasteiger partial charge in [-0.15, -0.1) is 0 Å². The van der Waals surface area contributed by atoms with Crippen LogP contribution in [-0.4, -0.2) is 54.7 Å². The van der Waals surface area contributed by atoms with Crippen LogP contribution in [0.2, 0.25) is 0 Å². The Balaban J connectivity index is 1.63. The maximum atomic E-state index is 13.2. The zero-order valence-electron chi connectivity index (χ0n) is 12.9. The highest BCUT2D eigenvalue weighted by Crippen LogP contribution is 2.34. The number of methoxy groups -OCH3 is 1. The van der Waals surface area contributed by atoms with Crippen LogP contribution in [0.15, 0.2) is 18.2 Å². The topological polar surface area (TPSA) is 45.7 Å². The van der Waals surface area contributed by atoms with Crippen molar-refractivity contribution >= 4 is 11.7 Å². The van der Waals surface area contributed by atoms with E-state index in [0.717, 1.165) is 25.7 Å². The molecule has 0 unspecified atom stereocenters. The summed E-state index contributed by atoms with van der Waals surface area (Å²) >= 11 is 0. The summed E-state index contributed by atoms with van der Waals surface area (Å²) in [6.45, 7) is 2.59. The number of anilines is 1. The van der Waals surface area contributed by atoms with Crippen molar-refractivity contribution in [3.63, 3.8) is 0 Å². The second kappa shape index (κ2) is 6.20. The Labute approximate surface area is 130 Å². The van der Waals surface area contributed by atoms with Crippen LogP contribution in [0, 0.1) is 5.95 Å². The molecule has 1 aromatic rings. The summed E-state index contributed by atoms with van der Waals surface area (Å²) in [4.78, 5) is 20.6. The van der Waals surface area contributed by atoms with Crippen molar-refractivity contribution in [1.82, 2.24) is 9.88 Å². The van der Waals surface area contributed by atoms with Gasteiger partial charge in [0.15, 0.2) is 0 Å². The maximum absolute atomic E-state index is 13.2. The lowest BCUT2D eigenvalue weighted by Crippen LogP contribution is -2.55. The van der Waals surface area contributed by atoms with Gasteiger partial charge in [-0.05, 0) is 37.8 Å². The fourth-order valence-corrected chi connectivity index (χ4v) is 3.45. The molecule has 0 spiro atoms. The van der Waals surface area contributed by atoms with Gasteiger partial charge in [-0.25, -0.2) is 4.98 Å². The number of aromatic nitrogens is 1. The number of pyridine rings is 1. The van der Waals surface area contributed by atoms with E-state index in [-0.39, 0.29) is 5.91 Å². The third kappa shape index (κ3) is 2.79. The van der Waals surface area contributed by atoms with Gasteiger partial charge in [-0.2, -0.15) is 4.39 Å². The number of carbonyl (C=O) groups excluding carboxylic acids is 1. The van der Waals surface area contributed by atoms with Crippen LogP contribution in [0.25, 0.3) is 0 Å². The molecule has 1 amide bonds. The van der Waals surface area contributed by atoms with E-state index in [0.29, 0.717) is 32.0 Å². The molecule has 6 heteroatoms. The van der Waals surface area contributed by atoms with Gasteiger partial charge >= 0.3 is 0 Å². The summed E-state index contributed by atoms with van der Waals surface area (Å²) in [6, 6.07) is 4.80. The van der Waals surface area contributed by atoms with Gasteiger partial charge in [-0.1, -0.05) is 6.07 Å². The standard InChI is InChI=1S/C16H22FN3O2/c1-22-16(7-2-3-8-16)15(21)20-11-9-19(10-12-20)14-6-4-5-13(17)18-14/h4-6H,2-3,7-12H2,1H3. The summed E-state index contributed by atoms with van der Waals surface area (Å²) < 4.78 is 18.8. The molecule has 0 atom stereocenters. The number of halogens is 1. The van der Waals surface area contributed by atoms with Crippen LogP contribution < -0.4 is 4.90 Å². The third-order valence-corrected chi connectivity index (χ3v) is 4.78. The zero-order valence-corrected chi connectivity index (χ0v) is 12.9. The largest absolute Gasteiger partial charge is 0.368 e. The lowest BCUT2D eigenvalue weighted by Gasteiger charge is -2.39. The van der Waals surface area contributed by atoms with Gasteiger partial charge in [0.25, 0.3) is 5.91 Å². The first kappa shape index (κ1) is 15.2. The Morgan fingerprint density at radius 2 is 1.91 bits per heavy atom. The summed E-state index contributed by atoms with van der Waals surface area (Å²) in [5, 5.41) is 0. The number of amides is 1. The van der Waals surface area contributed by atoms with Crippen molar-refractivity contribution in [3.8, 4) is 0 Å². The first-order valence-corrected chi connectivity index (χ1v) is 7.87. The van der Waals surface area contributed by atoms with Crippen molar-refractivity contribution in [2.75, 3.05) is 38.2 Å². The Kier molecular flexibility index (Phi) is 4.29.